The maximum absolute atomic E-state index is 12.9. The lowest BCUT2D eigenvalue weighted by Crippen LogP contribution is -2.40. The first-order chi connectivity index (χ1) is 13.9. The number of nitrogens with zero attached hydrogens (tertiary/aromatic N) is 2. The van der Waals surface area contributed by atoms with Crippen LogP contribution in [-0.4, -0.2) is 50.5 Å². The van der Waals surface area contributed by atoms with Crippen LogP contribution in [0.5, 0.6) is 5.75 Å². The van der Waals surface area contributed by atoms with Crippen LogP contribution in [0.4, 0.5) is 15.8 Å². The molecular weight excluding hydrogens is 373 g/mol. The van der Waals surface area contributed by atoms with Gasteiger partial charge in [-0.1, -0.05) is 12.1 Å². The Morgan fingerprint density at radius 1 is 1.24 bits per heavy atom. The second-order valence-corrected chi connectivity index (χ2v) is 7.05. The Bertz CT molecular complexity index is 910. The lowest BCUT2D eigenvalue weighted by Gasteiger charge is -2.30. The van der Waals surface area contributed by atoms with E-state index in [0.717, 1.165) is 18.5 Å². The lowest BCUT2D eigenvalue weighted by atomic mass is 10.2. The zero-order chi connectivity index (χ0) is 20.8. The van der Waals surface area contributed by atoms with Gasteiger partial charge >= 0.3 is 0 Å². The Morgan fingerprint density at radius 3 is 2.72 bits per heavy atom. The molecule has 152 valence electrons. The predicted octanol–water partition coefficient (Wildman–Crippen LogP) is 3.15. The molecule has 0 atom stereocenters. The first-order valence-electron chi connectivity index (χ1n) is 9.39. The zero-order valence-corrected chi connectivity index (χ0v) is 16.5. The molecule has 1 heterocycles. The third-order valence-corrected chi connectivity index (χ3v) is 4.45. The second kappa shape index (κ2) is 9.34. The molecule has 0 fully saturated rings. The van der Waals surface area contributed by atoms with E-state index in [1.165, 1.54) is 18.2 Å². The van der Waals surface area contributed by atoms with E-state index in [1.54, 1.807) is 41.3 Å². The number of nitrogens with one attached hydrogen (secondary N) is 1. The fourth-order valence-electron chi connectivity index (χ4n) is 3.00. The third kappa shape index (κ3) is 5.65. The molecule has 29 heavy (non-hydrogen) atoms. The average Bonchev–Trinajstić information content (AvgIpc) is 2.69. The molecule has 0 bridgehead atoms. The van der Waals surface area contributed by atoms with Gasteiger partial charge < -0.3 is 19.9 Å². The molecule has 0 unspecified atom stereocenters. The number of anilines is 2. The predicted molar refractivity (Wildman–Crippen MR) is 112 cm³/mol. The summed E-state index contributed by atoms with van der Waals surface area (Å²) < 4.78 is 18.5. The first kappa shape index (κ1) is 20.5. The van der Waals surface area contributed by atoms with Gasteiger partial charge in [0.15, 0.2) is 6.61 Å². The molecule has 2 aromatic rings. The van der Waals surface area contributed by atoms with Crippen LogP contribution in [0.3, 0.4) is 0 Å². The normalized spacial score (nSPS) is 13.5. The quantitative estimate of drug-likeness (QED) is 0.729. The second-order valence-electron chi connectivity index (χ2n) is 7.05. The molecule has 0 radical (unpaired) electrons. The van der Waals surface area contributed by atoms with Crippen LogP contribution in [0.15, 0.2) is 48.5 Å². The van der Waals surface area contributed by atoms with Crippen LogP contribution in [0.1, 0.15) is 12.0 Å². The van der Waals surface area contributed by atoms with Gasteiger partial charge in [0.1, 0.15) is 11.6 Å². The van der Waals surface area contributed by atoms with Crippen LogP contribution >= 0.6 is 0 Å². The number of rotatable bonds is 7. The van der Waals surface area contributed by atoms with Gasteiger partial charge in [0.2, 0.25) is 5.91 Å². The number of ether oxygens (including phenoxy) is 1. The van der Waals surface area contributed by atoms with Gasteiger partial charge in [-0.25, -0.2) is 4.39 Å². The zero-order valence-electron chi connectivity index (χ0n) is 16.5. The largest absolute Gasteiger partial charge is 0.482 e. The monoisotopic (exact) mass is 397 g/mol. The minimum Gasteiger partial charge on any atom is -0.482 e. The van der Waals surface area contributed by atoms with Gasteiger partial charge in [0, 0.05) is 18.3 Å². The Balaban J connectivity index is 1.69. The highest BCUT2D eigenvalue weighted by Gasteiger charge is 2.25. The van der Waals surface area contributed by atoms with E-state index in [4.69, 9.17) is 4.74 Å². The summed E-state index contributed by atoms with van der Waals surface area (Å²) in [5, 5.41) is 2.78. The van der Waals surface area contributed by atoms with E-state index < -0.39 is 0 Å². The van der Waals surface area contributed by atoms with Gasteiger partial charge in [-0.2, -0.15) is 0 Å². The molecule has 7 heteroatoms. The van der Waals surface area contributed by atoms with Crippen molar-refractivity contribution in [3.8, 4) is 5.75 Å². The lowest BCUT2D eigenvalue weighted by molar-refractivity contribution is -0.121. The van der Waals surface area contributed by atoms with Crippen molar-refractivity contribution in [2.45, 2.75) is 6.42 Å². The number of benzene rings is 2. The molecule has 0 aliphatic carbocycles. The average molecular weight is 397 g/mol. The van der Waals surface area contributed by atoms with Gasteiger partial charge in [-0.3, -0.25) is 9.59 Å². The van der Waals surface area contributed by atoms with Crippen molar-refractivity contribution in [1.82, 2.24) is 4.90 Å². The van der Waals surface area contributed by atoms with E-state index in [0.29, 0.717) is 23.7 Å². The highest BCUT2D eigenvalue weighted by atomic mass is 19.1. The highest BCUT2D eigenvalue weighted by Crippen LogP contribution is 2.34. The highest BCUT2D eigenvalue weighted by molar-refractivity contribution is 6.03. The van der Waals surface area contributed by atoms with Crippen molar-refractivity contribution in [3.63, 3.8) is 0 Å². The van der Waals surface area contributed by atoms with E-state index in [9.17, 15) is 14.0 Å². The summed E-state index contributed by atoms with van der Waals surface area (Å²) in [6.45, 7) is 1.46. The summed E-state index contributed by atoms with van der Waals surface area (Å²) in [5.41, 5.74) is 1.94. The van der Waals surface area contributed by atoms with Crippen molar-refractivity contribution >= 4 is 29.3 Å². The van der Waals surface area contributed by atoms with Gasteiger partial charge in [-0.15, -0.1) is 0 Å². The number of amides is 2. The van der Waals surface area contributed by atoms with Gasteiger partial charge in [0.25, 0.3) is 5.91 Å². The van der Waals surface area contributed by atoms with E-state index in [1.807, 2.05) is 14.1 Å². The van der Waals surface area contributed by atoms with Crippen molar-refractivity contribution in [3.05, 3.63) is 59.9 Å². The molecule has 1 aliphatic heterocycles. The number of hydrogen-bond acceptors (Lipinski definition) is 4. The molecule has 1 aliphatic rings. The number of carbonyl (C=O) groups excluding carboxylic acids is 2. The third-order valence-electron chi connectivity index (χ3n) is 4.45. The van der Waals surface area contributed by atoms with Crippen molar-refractivity contribution in [1.29, 1.82) is 0 Å². The fourth-order valence-corrected chi connectivity index (χ4v) is 3.00. The molecule has 0 saturated heterocycles. The van der Waals surface area contributed by atoms with E-state index >= 15 is 0 Å². The maximum atomic E-state index is 12.9. The van der Waals surface area contributed by atoms with Gasteiger partial charge in [-0.05, 0) is 69.0 Å². The molecule has 3 rings (SSSR count). The molecule has 0 spiro atoms. The number of hydrogen-bond donors (Lipinski definition) is 1. The number of carbonyl (C=O) groups is 2. The topological polar surface area (TPSA) is 61.9 Å². The standard InChI is InChI=1S/C22H24FN3O3/c1-25(2)12-3-13-26-19-14-18(9-10-20(19)29-15-22(26)28)24-21(27)11-6-16-4-7-17(23)8-5-16/h4-11,14H,3,12-13,15H2,1-2H3,(H,24,27)/b11-6+. The van der Waals surface area contributed by atoms with Crippen LogP contribution in [0.2, 0.25) is 0 Å². The summed E-state index contributed by atoms with van der Waals surface area (Å²) in [5.74, 6) is -0.130. The Kier molecular flexibility index (Phi) is 6.61. The Labute approximate surface area is 169 Å². The van der Waals surface area contributed by atoms with Crippen LogP contribution in [-0.2, 0) is 9.59 Å². The smallest absolute Gasteiger partial charge is 0.265 e. The summed E-state index contributed by atoms with van der Waals surface area (Å²) >= 11 is 0. The molecule has 0 aromatic heterocycles. The Morgan fingerprint density at radius 2 is 2.00 bits per heavy atom. The molecular formula is C22H24FN3O3. The molecule has 6 nitrogen and oxygen atoms in total. The fraction of sp³-hybridized carbons (Fsp3) is 0.273. The Hall–Kier alpha value is -3.19. The SMILES string of the molecule is CN(C)CCCN1C(=O)COc2ccc(NC(=O)/C=C/c3ccc(F)cc3)cc21. The number of halogens is 1. The van der Waals surface area contributed by atoms with E-state index in [-0.39, 0.29) is 24.2 Å². The number of fused-ring (bicyclic) bond motifs is 1. The molecule has 2 amide bonds. The molecule has 2 aromatic carbocycles. The molecule has 0 saturated carbocycles. The van der Waals surface area contributed by atoms with Crippen LogP contribution in [0, 0.1) is 5.82 Å². The van der Waals surface area contributed by atoms with Crippen molar-refractivity contribution < 1.29 is 18.7 Å². The van der Waals surface area contributed by atoms with Crippen molar-refractivity contribution in [2.75, 3.05) is 44.0 Å². The minimum atomic E-state index is -0.326. The molecule has 1 N–H and O–H groups in total. The van der Waals surface area contributed by atoms with Gasteiger partial charge in [0.05, 0.1) is 5.69 Å². The maximum Gasteiger partial charge on any atom is 0.265 e. The first-order valence-corrected chi connectivity index (χ1v) is 9.39. The van der Waals surface area contributed by atoms with Crippen LogP contribution in [0.25, 0.3) is 6.08 Å². The summed E-state index contributed by atoms with van der Waals surface area (Å²) in [7, 11) is 3.98. The van der Waals surface area contributed by atoms with Crippen LogP contribution < -0.4 is 15.0 Å². The summed E-state index contributed by atoms with van der Waals surface area (Å²) in [6, 6.07) is 11.1. The van der Waals surface area contributed by atoms with E-state index in [2.05, 4.69) is 10.2 Å². The summed E-state index contributed by atoms with van der Waals surface area (Å²) in [6.07, 6.45) is 3.81. The summed E-state index contributed by atoms with van der Waals surface area (Å²) in [4.78, 5) is 28.3. The minimum absolute atomic E-state index is 0.0150. The van der Waals surface area contributed by atoms with Crippen molar-refractivity contribution in [2.24, 2.45) is 0 Å².